The lowest BCUT2D eigenvalue weighted by Crippen LogP contribution is -2.31. The molecule has 1 aliphatic rings. The van der Waals surface area contributed by atoms with Crippen LogP contribution in [0.5, 0.6) is 5.75 Å². The van der Waals surface area contributed by atoms with Crippen LogP contribution in [0.1, 0.15) is 40.4 Å². The maximum absolute atomic E-state index is 12.8. The Morgan fingerprint density at radius 3 is 2.64 bits per heavy atom. The minimum Gasteiger partial charge on any atom is -0.497 e. The summed E-state index contributed by atoms with van der Waals surface area (Å²) >= 11 is 0. The molecule has 0 aromatic heterocycles. The van der Waals surface area contributed by atoms with E-state index in [4.69, 9.17) is 9.84 Å². The van der Waals surface area contributed by atoms with E-state index in [1.165, 1.54) is 12.1 Å². The first kappa shape index (κ1) is 17.0. The van der Waals surface area contributed by atoms with Gasteiger partial charge >= 0.3 is 5.97 Å². The average molecular weight is 339 g/mol. The second-order valence-electron chi connectivity index (χ2n) is 6.20. The molecule has 1 fully saturated rings. The van der Waals surface area contributed by atoms with Crippen LogP contribution in [0.2, 0.25) is 0 Å². The molecule has 0 radical (unpaired) electrons. The second-order valence-corrected chi connectivity index (χ2v) is 6.20. The van der Waals surface area contributed by atoms with E-state index in [-0.39, 0.29) is 23.9 Å². The standard InChI is InChI=1S/C20H21NO4/c1-25-17-5-2-4-16(13-17)18-6-3-11-21(18)19(22)12-14-7-9-15(10-8-14)20(23)24/h2,4-5,7-10,13,18H,3,6,11-12H2,1H3,(H,23,24)/t18-/m1/s1. The number of amides is 1. The highest BCUT2D eigenvalue weighted by Crippen LogP contribution is 2.33. The molecule has 25 heavy (non-hydrogen) atoms. The molecule has 0 bridgehead atoms. The third-order valence-electron chi connectivity index (χ3n) is 4.61. The van der Waals surface area contributed by atoms with Crippen molar-refractivity contribution in [3.05, 3.63) is 65.2 Å². The Morgan fingerprint density at radius 1 is 1.20 bits per heavy atom. The molecule has 1 aliphatic heterocycles. The maximum Gasteiger partial charge on any atom is 0.335 e. The van der Waals surface area contributed by atoms with E-state index in [9.17, 15) is 9.59 Å². The monoisotopic (exact) mass is 339 g/mol. The summed E-state index contributed by atoms with van der Waals surface area (Å²) < 4.78 is 5.28. The average Bonchev–Trinajstić information content (AvgIpc) is 3.12. The number of carboxylic acids is 1. The first-order valence-corrected chi connectivity index (χ1v) is 8.34. The Kier molecular flexibility index (Phi) is 5.03. The van der Waals surface area contributed by atoms with E-state index in [2.05, 4.69) is 0 Å². The van der Waals surface area contributed by atoms with Crippen LogP contribution in [0, 0.1) is 0 Å². The molecule has 0 aliphatic carbocycles. The molecular formula is C20H21NO4. The molecule has 0 saturated carbocycles. The fraction of sp³-hybridized carbons (Fsp3) is 0.300. The third kappa shape index (κ3) is 3.82. The van der Waals surface area contributed by atoms with Crippen molar-refractivity contribution >= 4 is 11.9 Å². The number of aromatic carboxylic acids is 1. The highest BCUT2D eigenvalue weighted by molar-refractivity contribution is 5.87. The van der Waals surface area contributed by atoms with Gasteiger partial charge in [0.25, 0.3) is 0 Å². The van der Waals surface area contributed by atoms with Crippen LogP contribution in [0.4, 0.5) is 0 Å². The first-order valence-electron chi connectivity index (χ1n) is 8.34. The quantitative estimate of drug-likeness (QED) is 0.908. The van der Waals surface area contributed by atoms with E-state index in [1.807, 2.05) is 29.2 Å². The minimum atomic E-state index is -0.962. The summed E-state index contributed by atoms with van der Waals surface area (Å²) in [5.74, 6) is -0.107. The van der Waals surface area contributed by atoms with Gasteiger partial charge in [0.05, 0.1) is 25.1 Å². The zero-order chi connectivity index (χ0) is 17.8. The number of hydrogen-bond donors (Lipinski definition) is 1. The summed E-state index contributed by atoms with van der Waals surface area (Å²) in [6, 6.07) is 14.4. The number of hydrogen-bond acceptors (Lipinski definition) is 3. The maximum atomic E-state index is 12.8. The van der Waals surface area contributed by atoms with E-state index < -0.39 is 5.97 Å². The Balaban J connectivity index is 1.73. The summed E-state index contributed by atoms with van der Waals surface area (Å²) in [7, 11) is 1.64. The van der Waals surface area contributed by atoms with Gasteiger partial charge in [-0.25, -0.2) is 4.79 Å². The molecule has 2 aromatic carbocycles. The minimum absolute atomic E-state index is 0.0633. The summed E-state index contributed by atoms with van der Waals surface area (Å²) in [6.45, 7) is 0.744. The van der Waals surface area contributed by atoms with Gasteiger partial charge in [0.2, 0.25) is 5.91 Å². The van der Waals surface area contributed by atoms with Crippen LogP contribution in [-0.2, 0) is 11.2 Å². The number of rotatable bonds is 5. The smallest absolute Gasteiger partial charge is 0.335 e. The van der Waals surface area contributed by atoms with Crippen molar-refractivity contribution in [2.24, 2.45) is 0 Å². The molecule has 1 saturated heterocycles. The van der Waals surface area contributed by atoms with Gasteiger partial charge in [-0.2, -0.15) is 0 Å². The van der Waals surface area contributed by atoms with Crippen LogP contribution in [0.25, 0.3) is 0 Å². The summed E-state index contributed by atoms with van der Waals surface area (Å²) in [5, 5.41) is 8.95. The lowest BCUT2D eigenvalue weighted by atomic mass is 10.0. The van der Waals surface area contributed by atoms with Gasteiger partial charge in [-0.3, -0.25) is 4.79 Å². The van der Waals surface area contributed by atoms with Gasteiger partial charge in [0.15, 0.2) is 0 Å². The highest BCUT2D eigenvalue weighted by atomic mass is 16.5. The molecule has 3 rings (SSSR count). The summed E-state index contributed by atoms with van der Waals surface area (Å²) in [4.78, 5) is 25.6. The molecule has 2 aromatic rings. The number of ether oxygens (including phenoxy) is 1. The summed E-state index contributed by atoms with van der Waals surface area (Å²) in [5.41, 5.74) is 2.14. The predicted molar refractivity (Wildman–Crippen MR) is 93.8 cm³/mol. The van der Waals surface area contributed by atoms with E-state index >= 15 is 0 Å². The summed E-state index contributed by atoms with van der Waals surface area (Å²) in [6.07, 6.45) is 2.20. The second kappa shape index (κ2) is 7.38. The largest absolute Gasteiger partial charge is 0.497 e. The zero-order valence-corrected chi connectivity index (χ0v) is 14.1. The Labute approximate surface area is 146 Å². The van der Waals surface area contributed by atoms with Crippen LogP contribution >= 0.6 is 0 Å². The van der Waals surface area contributed by atoms with Crippen LogP contribution in [0.3, 0.4) is 0 Å². The lowest BCUT2D eigenvalue weighted by molar-refractivity contribution is -0.131. The van der Waals surface area contributed by atoms with Gasteiger partial charge in [0, 0.05) is 6.54 Å². The van der Waals surface area contributed by atoms with Crippen molar-refractivity contribution in [3.8, 4) is 5.75 Å². The highest BCUT2D eigenvalue weighted by Gasteiger charge is 2.30. The fourth-order valence-corrected chi connectivity index (χ4v) is 3.30. The molecule has 1 heterocycles. The van der Waals surface area contributed by atoms with Crippen molar-refractivity contribution < 1.29 is 19.4 Å². The van der Waals surface area contributed by atoms with Crippen molar-refractivity contribution in [3.63, 3.8) is 0 Å². The lowest BCUT2D eigenvalue weighted by Gasteiger charge is -2.25. The molecule has 1 atom stereocenters. The predicted octanol–water partition coefficient (Wildman–Crippen LogP) is 3.30. The number of nitrogens with zero attached hydrogens (tertiary/aromatic N) is 1. The molecule has 0 unspecified atom stereocenters. The molecule has 5 nitrogen and oxygen atoms in total. The van der Waals surface area contributed by atoms with Gasteiger partial charge in [-0.05, 0) is 48.2 Å². The zero-order valence-electron chi connectivity index (χ0n) is 14.1. The van der Waals surface area contributed by atoms with E-state index in [0.717, 1.165) is 36.3 Å². The molecule has 1 amide bonds. The fourth-order valence-electron chi connectivity index (χ4n) is 3.30. The van der Waals surface area contributed by atoms with Gasteiger partial charge in [0.1, 0.15) is 5.75 Å². The topological polar surface area (TPSA) is 66.8 Å². The number of methoxy groups -OCH3 is 1. The van der Waals surface area contributed by atoms with Gasteiger partial charge in [-0.15, -0.1) is 0 Å². The number of carbonyl (C=O) groups is 2. The van der Waals surface area contributed by atoms with E-state index in [1.54, 1.807) is 19.2 Å². The van der Waals surface area contributed by atoms with Gasteiger partial charge in [-0.1, -0.05) is 24.3 Å². The van der Waals surface area contributed by atoms with Gasteiger partial charge < -0.3 is 14.7 Å². The van der Waals surface area contributed by atoms with Crippen molar-refractivity contribution in [2.75, 3.05) is 13.7 Å². The molecule has 0 spiro atoms. The van der Waals surface area contributed by atoms with Crippen molar-refractivity contribution in [2.45, 2.75) is 25.3 Å². The van der Waals surface area contributed by atoms with Crippen LogP contribution in [-0.4, -0.2) is 35.5 Å². The number of carboxylic acid groups (broad SMARTS) is 1. The third-order valence-corrected chi connectivity index (χ3v) is 4.61. The Morgan fingerprint density at radius 2 is 1.96 bits per heavy atom. The van der Waals surface area contributed by atoms with Crippen molar-refractivity contribution in [1.82, 2.24) is 4.90 Å². The molecule has 130 valence electrons. The molecule has 5 heteroatoms. The van der Waals surface area contributed by atoms with Crippen LogP contribution < -0.4 is 4.74 Å². The molecule has 1 N–H and O–H groups in total. The van der Waals surface area contributed by atoms with E-state index in [0.29, 0.717) is 0 Å². The Hall–Kier alpha value is -2.82. The Bertz CT molecular complexity index is 770. The number of carbonyl (C=O) groups excluding carboxylic acids is 1. The normalized spacial score (nSPS) is 16.7. The van der Waals surface area contributed by atoms with Crippen LogP contribution in [0.15, 0.2) is 48.5 Å². The first-order chi connectivity index (χ1) is 12.1. The molecular weight excluding hydrogens is 318 g/mol. The SMILES string of the molecule is COc1cccc([C@H]2CCCN2C(=O)Cc2ccc(C(=O)O)cc2)c1. The van der Waals surface area contributed by atoms with Crippen molar-refractivity contribution in [1.29, 1.82) is 0 Å². The number of likely N-dealkylation sites (tertiary alicyclic amines) is 1. The number of benzene rings is 2.